The van der Waals surface area contributed by atoms with Gasteiger partial charge in [0, 0.05) is 43.2 Å². The number of hydrogen-bond acceptors (Lipinski definition) is 3. The molecule has 0 bridgehead atoms. The summed E-state index contributed by atoms with van der Waals surface area (Å²) in [6.07, 6.45) is 2.38. The molecule has 0 spiro atoms. The van der Waals surface area contributed by atoms with E-state index < -0.39 is 5.41 Å². The smallest absolute Gasteiger partial charge is 0.223 e. The molecule has 2 fully saturated rings. The van der Waals surface area contributed by atoms with Crippen molar-refractivity contribution < 1.29 is 4.79 Å². The van der Waals surface area contributed by atoms with Crippen LogP contribution in [0.4, 0.5) is 0 Å². The number of rotatable bonds is 5. The molecule has 1 amide bonds. The molecule has 0 aromatic carbocycles. The van der Waals surface area contributed by atoms with Crippen molar-refractivity contribution in [3.63, 3.8) is 0 Å². The standard InChI is InChI=1S/C19H37N3O/c1-17(2,3)22-10-8-21(9-11-22)15-12-14(15)13-18(4,5)19(6,7)16(20)23/h14-15H,8-13H2,1-7H3,(H2,20,23). The first-order valence-corrected chi connectivity index (χ1v) is 9.15. The Hall–Kier alpha value is -0.610. The molecule has 2 rings (SSSR count). The van der Waals surface area contributed by atoms with E-state index in [4.69, 9.17) is 5.73 Å². The van der Waals surface area contributed by atoms with E-state index in [1.807, 2.05) is 13.8 Å². The van der Waals surface area contributed by atoms with E-state index in [2.05, 4.69) is 44.4 Å². The van der Waals surface area contributed by atoms with E-state index in [9.17, 15) is 4.79 Å². The Kier molecular flexibility index (Phi) is 4.91. The van der Waals surface area contributed by atoms with E-state index >= 15 is 0 Å². The summed E-state index contributed by atoms with van der Waals surface area (Å²) in [6, 6.07) is 0.722. The first-order valence-electron chi connectivity index (χ1n) is 9.15. The molecule has 1 aliphatic heterocycles. The molecule has 0 radical (unpaired) electrons. The summed E-state index contributed by atoms with van der Waals surface area (Å²) in [4.78, 5) is 17.0. The van der Waals surface area contributed by atoms with Crippen molar-refractivity contribution in [3.8, 4) is 0 Å². The topological polar surface area (TPSA) is 49.6 Å². The zero-order chi connectivity index (χ0) is 17.6. The first-order chi connectivity index (χ1) is 10.4. The summed E-state index contributed by atoms with van der Waals surface area (Å²) >= 11 is 0. The van der Waals surface area contributed by atoms with Crippen LogP contribution in [0.15, 0.2) is 0 Å². The summed E-state index contributed by atoms with van der Waals surface area (Å²) in [5, 5.41) is 0. The molecule has 1 saturated heterocycles. The number of nitrogens with zero attached hydrogens (tertiary/aromatic N) is 2. The number of piperazine rings is 1. The van der Waals surface area contributed by atoms with E-state index in [1.54, 1.807) is 0 Å². The van der Waals surface area contributed by atoms with Gasteiger partial charge in [-0.05, 0) is 44.9 Å². The molecule has 4 nitrogen and oxygen atoms in total. The van der Waals surface area contributed by atoms with Crippen molar-refractivity contribution in [2.75, 3.05) is 26.2 Å². The maximum atomic E-state index is 11.8. The Morgan fingerprint density at radius 3 is 1.96 bits per heavy atom. The van der Waals surface area contributed by atoms with Gasteiger partial charge in [-0.2, -0.15) is 0 Å². The Labute approximate surface area is 142 Å². The van der Waals surface area contributed by atoms with Crippen molar-refractivity contribution in [1.29, 1.82) is 0 Å². The summed E-state index contributed by atoms with van der Waals surface area (Å²) in [7, 11) is 0. The Balaban J connectivity index is 1.86. The highest BCUT2D eigenvalue weighted by molar-refractivity contribution is 5.80. The first kappa shape index (κ1) is 18.7. The van der Waals surface area contributed by atoms with Crippen molar-refractivity contribution in [2.45, 2.75) is 72.9 Å². The van der Waals surface area contributed by atoms with Gasteiger partial charge in [-0.15, -0.1) is 0 Å². The lowest BCUT2D eigenvalue weighted by molar-refractivity contribution is -0.132. The fourth-order valence-electron chi connectivity index (χ4n) is 3.87. The number of carbonyl (C=O) groups is 1. The Bertz CT molecular complexity index is 442. The second-order valence-electron chi connectivity index (χ2n) is 9.83. The average molecular weight is 324 g/mol. The molecule has 1 heterocycles. The SMILES string of the molecule is CC(C)(C)N1CCN(C2CC2CC(C)(C)C(C)(C)C(N)=O)CC1. The lowest BCUT2D eigenvalue weighted by Crippen LogP contribution is -2.54. The number of nitrogens with two attached hydrogens (primary N) is 1. The molecule has 1 aliphatic carbocycles. The van der Waals surface area contributed by atoms with Crippen LogP contribution < -0.4 is 5.73 Å². The number of carbonyl (C=O) groups excluding carboxylic acids is 1. The zero-order valence-corrected chi connectivity index (χ0v) is 16.3. The molecule has 4 heteroatoms. The molecule has 2 unspecified atom stereocenters. The normalized spacial score (nSPS) is 28.0. The van der Waals surface area contributed by atoms with Gasteiger partial charge in [-0.25, -0.2) is 0 Å². The van der Waals surface area contributed by atoms with Gasteiger partial charge in [0.1, 0.15) is 0 Å². The molecule has 134 valence electrons. The highest BCUT2D eigenvalue weighted by Crippen LogP contribution is 2.50. The Morgan fingerprint density at radius 1 is 1.00 bits per heavy atom. The summed E-state index contributed by atoms with van der Waals surface area (Å²) in [5.74, 6) is 0.545. The minimum Gasteiger partial charge on any atom is -0.369 e. The highest BCUT2D eigenvalue weighted by Gasteiger charge is 2.50. The van der Waals surface area contributed by atoms with Crippen LogP contribution in [-0.2, 0) is 4.79 Å². The number of hydrogen-bond donors (Lipinski definition) is 1. The number of primary amides is 1. The lowest BCUT2D eigenvalue weighted by Gasteiger charge is -2.43. The van der Waals surface area contributed by atoms with Gasteiger partial charge in [-0.1, -0.05) is 27.7 Å². The second kappa shape index (κ2) is 6.03. The van der Waals surface area contributed by atoms with Crippen molar-refractivity contribution in [1.82, 2.24) is 9.80 Å². The van der Waals surface area contributed by atoms with Gasteiger partial charge in [0.25, 0.3) is 0 Å². The molecular weight excluding hydrogens is 286 g/mol. The third-order valence-electron chi connectivity index (χ3n) is 6.70. The molecule has 1 saturated carbocycles. The summed E-state index contributed by atoms with van der Waals surface area (Å²) in [6.45, 7) is 20.0. The van der Waals surface area contributed by atoms with Gasteiger partial charge in [0.15, 0.2) is 0 Å². The van der Waals surface area contributed by atoms with Crippen LogP contribution in [0, 0.1) is 16.7 Å². The third kappa shape index (κ3) is 3.90. The van der Waals surface area contributed by atoms with Gasteiger partial charge in [-0.3, -0.25) is 14.6 Å². The van der Waals surface area contributed by atoms with Crippen LogP contribution in [0.25, 0.3) is 0 Å². The lowest BCUT2D eigenvalue weighted by atomic mass is 9.65. The number of amides is 1. The highest BCUT2D eigenvalue weighted by atomic mass is 16.1. The quantitative estimate of drug-likeness (QED) is 0.846. The van der Waals surface area contributed by atoms with Crippen molar-refractivity contribution >= 4 is 5.91 Å². The second-order valence-corrected chi connectivity index (χ2v) is 9.83. The molecule has 0 aromatic rings. The average Bonchev–Trinajstić information content (AvgIpc) is 3.16. The van der Waals surface area contributed by atoms with Crippen LogP contribution in [-0.4, -0.2) is 53.5 Å². The van der Waals surface area contributed by atoms with Crippen LogP contribution in [0.2, 0.25) is 0 Å². The van der Waals surface area contributed by atoms with E-state index in [0.717, 1.165) is 18.4 Å². The van der Waals surface area contributed by atoms with Gasteiger partial charge >= 0.3 is 0 Å². The Morgan fingerprint density at radius 2 is 1.52 bits per heavy atom. The fraction of sp³-hybridized carbons (Fsp3) is 0.947. The molecule has 0 aromatic heterocycles. The third-order valence-corrected chi connectivity index (χ3v) is 6.70. The summed E-state index contributed by atoms with van der Waals surface area (Å²) in [5.41, 5.74) is 5.41. The molecule has 2 N–H and O–H groups in total. The maximum absolute atomic E-state index is 11.8. The molecule has 2 atom stereocenters. The van der Waals surface area contributed by atoms with E-state index in [-0.39, 0.29) is 16.9 Å². The summed E-state index contributed by atoms with van der Waals surface area (Å²) < 4.78 is 0. The van der Waals surface area contributed by atoms with Crippen LogP contribution >= 0.6 is 0 Å². The minimum atomic E-state index is -0.453. The maximum Gasteiger partial charge on any atom is 0.223 e. The van der Waals surface area contributed by atoms with E-state index in [0.29, 0.717) is 0 Å². The monoisotopic (exact) mass is 323 g/mol. The van der Waals surface area contributed by atoms with Crippen LogP contribution in [0.3, 0.4) is 0 Å². The predicted molar refractivity (Wildman–Crippen MR) is 96.2 cm³/mol. The van der Waals surface area contributed by atoms with Crippen LogP contribution in [0.1, 0.15) is 61.3 Å². The molecule has 23 heavy (non-hydrogen) atoms. The molecular formula is C19H37N3O. The molecule has 2 aliphatic rings. The minimum absolute atomic E-state index is 0.0501. The fourth-order valence-corrected chi connectivity index (χ4v) is 3.87. The van der Waals surface area contributed by atoms with Crippen LogP contribution in [0.5, 0.6) is 0 Å². The zero-order valence-electron chi connectivity index (χ0n) is 16.3. The van der Waals surface area contributed by atoms with E-state index in [1.165, 1.54) is 32.6 Å². The van der Waals surface area contributed by atoms with Crippen molar-refractivity contribution in [3.05, 3.63) is 0 Å². The van der Waals surface area contributed by atoms with Crippen molar-refractivity contribution in [2.24, 2.45) is 22.5 Å². The predicted octanol–water partition coefficient (Wildman–Crippen LogP) is 2.72. The van der Waals surface area contributed by atoms with Gasteiger partial charge in [0.05, 0.1) is 0 Å². The largest absolute Gasteiger partial charge is 0.369 e. The van der Waals surface area contributed by atoms with Gasteiger partial charge in [0.2, 0.25) is 5.91 Å². The van der Waals surface area contributed by atoms with Gasteiger partial charge < -0.3 is 5.73 Å².